The van der Waals surface area contributed by atoms with E-state index in [4.69, 9.17) is 4.74 Å². The van der Waals surface area contributed by atoms with Crippen molar-refractivity contribution in [3.63, 3.8) is 0 Å². The highest BCUT2D eigenvalue weighted by Crippen LogP contribution is 2.50. The van der Waals surface area contributed by atoms with Crippen molar-refractivity contribution in [3.05, 3.63) is 323 Å². The minimum Gasteiger partial charge on any atom is -0.464 e. The molecule has 0 aliphatic rings. The summed E-state index contributed by atoms with van der Waals surface area (Å²) in [7, 11) is 0. The van der Waals surface area contributed by atoms with Gasteiger partial charge in [0.05, 0.1) is 27.7 Å². The first-order valence-electron chi connectivity index (χ1n) is 24.5. The highest BCUT2D eigenvalue weighted by Gasteiger charge is 2.44. The number of amides is 1. The van der Waals surface area contributed by atoms with Crippen molar-refractivity contribution in [2.75, 3.05) is 18.1 Å². The number of ether oxygens (including phenoxy) is 1. The van der Waals surface area contributed by atoms with Crippen LogP contribution in [-0.4, -0.2) is 42.1 Å². The van der Waals surface area contributed by atoms with E-state index >= 15 is 4.79 Å². The van der Waals surface area contributed by atoms with E-state index in [-0.39, 0.29) is 24.0 Å². The Morgan fingerprint density at radius 1 is 0.375 bits per heavy atom. The van der Waals surface area contributed by atoms with Gasteiger partial charge in [0, 0.05) is 11.5 Å². The van der Waals surface area contributed by atoms with Crippen LogP contribution in [0.25, 0.3) is 0 Å². The summed E-state index contributed by atoms with van der Waals surface area (Å²) in [6, 6.07) is 91.8. The number of esters is 1. The first-order chi connectivity index (χ1) is 35.5. The van der Waals surface area contributed by atoms with Crippen molar-refractivity contribution < 1.29 is 14.3 Å². The van der Waals surface area contributed by atoms with Crippen LogP contribution in [0, 0.1) is 0 Å². The summed E-state index contributed by atoms with van der Waals surface area (Å²) in [5, 5.41) is 7.43. The van der Waals surface area contributed by atoms with Gasteiger partial charge in [-0.05, 0) is 57.0 Å². The molecule has 0 radical (unpaired) electrons. The Kier molecular flexibility index (Phi) is 16.3. The third-order valence-electron chi connectivity index (χ3n) is 13.2. The molecule has 9 aromatic carbocycles. The maximum absolute atomic E-state index is 16.1. The molecular weight excluding hydrogens is 921 g/mol. The van der Waals surface area contributed by atoms with Gasteiger partial charge < -0.3 is 10.1 Å². The van der Waals surface area contributed by atoms with Crippen molar-refractivity contribution >= 4 is 35.4 Å². The van der Waals surface area contributed by atoms with Gasteiger partial charge in [-0.15, -0.1) is 23.5 Å². The lowest BCUT2D eigenvalue weighted by Gasteiger charge is -2.41. The van der Waals surface area contributed by atoms with E-state index < -0.39 is 33.1 Å². The van der Waals surface area contributed by atoms with Crippen LogP contribution in [0.5, 0.6) is 0 Å². The molecule has 0 fully saturated rings. The monoisotopic (exact) mass is 978 g/mol. The summed E-state index contributed by atoms with van der Waals surface area (Å²) in [4.78, 5) is 30.7. The van der Waals surface area contributed by atoms with E-state index in [0.717, 1.165) is 50.1 Å². The largest absolute Gasteiger partial charge is 0.464 e. The Morgan fingerprint density at radius 3 is 0.861 bits per heavy atom. The Hall–Kier alpha value is -7.42. The van der Waals surface area contributed by atoms with E-state index in [1.165, 1.54) is 0 Å². The van der Waals surface area contributed by atoms with E-state index in [0.29, 0.717) is 0 Å². The number of hydrogen-bond donors (Lipinski definition) is 2. The lowest BCUT2D eigenvalue weighted by Crippen LogP contribution is -2.59. The molecule has 2 atom stereocenters. The van der Waals surface area contributed by atoms with Crippen molar-refractivity contribution in [1.29, 1.82) is 0 Å². The quantitative estimate of drug-likeness (QED) is 0.0552. The highest BCUT2D eigenvalue weighted by atomic mass is 32.2. The molecule has 358 valence electrons. The summed E-state index contributed by atoms with van der Waals surface area (Å²) in [5.74, 6) is -0.350. The second-order valence-corrected chi connectivity index (χ2v) is 20.0. The number of carbonyl (C=O) groups is 2. The number of hydrogen-bond acceptors (Lipinski definition) is 6. The standard InChI is InChI=1S/C65H58N2O3S2/c1-2-70-62(69)60(49-72-65(56-42-24-9-25-43-56,57-44-26-10-27-45-57)58-46-28-11-29-47-58)66-61(68)59(67-63(50-30-12-3-13-31-50,51-32-14-4-15-33-51)52-34-16-5-17-35-52)48-71-64(53-36-18-6-19-37-53,54-38-20-7-21-39-54)55-40-22-8-23-41-55/h3-47,59-60,67H,2,48-49H2,1H3,(H,66,68). The summed E-state index contributed by atoms with van der Waals surface area (Å²) in [5.41, 5.74) is 8.23. The fraction of sp³-hybridized carbons (Fsp3) is 0.138. The summed E-state index contributed by atoms with van der Waals surface area (Å²) >= 11 is 3.32. The van der Waals surface area contributed by atoms with Gasteiger partial charge in [0.15, 0.2) is 0 Å². The molecule has 0 heterocycles. The number of nitrogens with one attached hydrogen (secondary N) is 2. The van der Waals surface area contributed by atoms with Gasteiger partial charge in [0.2, 0.25) is 5.91 Å². The molecule has 0 aliphatic carbocycles. The van der Waals surface area contributed by atoms with Crippen molar-refractivity contribution in [2.24, 2.45) is 0 Å². The first-order valence-corrected chi connectivity index (χ1v) is 26.5. The van der Waals surface area contributed by atoms with E-state index in [1.54, 1.807) is 30.4 Å². The fourth-order valence-corrected chi connectivity index (χ4v) is 13.0. The predicted octanol–water partition coefficient (Wildman–Crippen LogP) is 13.4. The van der Waals surface area contributed by atoms with Gasteiger partial charge in [-0.2, -0.15) is 0 Å². The zero-order valence-electron chi connectivity index (χ0n) is 40.3. The molecule has 0 aliphatic heterocycles. The predicted molar refractivity (Wildman–Crippen MR) is 298 cm³/mol. The smallest absolute Gasteiger partial charge is 0.329 e. The molecule has 0 bridgehead atoms. The average Bonchev–Trinajstić information content (AvgIpc) is 3.46. The SMILES string of the molecule is CCOC(=O)C(CSC(c1ccccc1)(c1ccccc1)c1ccccc1)NC(=O)C(CSC(c1ccccc1)(c1ccccc1)c1ccccc1)NC(c1ccccc1)(c1ccccc1)c1ccccc1. The summed E-state index contributed by atoms with van der Waals surface area (Å²) in [6.45, 7) is 1.96. The van der Waals surface area contributed by atoms with Crippen molar-refractivity contribution in [3.8, 4) is 0 Å². The number of thioether (sulfide) groups is 2. The minimum atomic E-state index is -1.03. The molecule has 2 N–H and O–H groups in total. The molecule has 0 aromatic heterocycles. The second-order valence-electron chi connectivity index (χ2n) is 17.5. The normalized spacial score (nSPS) is 12.6. The first kappa shape index (κ1) is 49.6. The number of rotatable bonds is 21. The van der Waals surface area contributed by atoms with Crippen LogP contribution in [0.1, 0.15) is 57.0 Å². The minimum absolute atomic E-state index is 0.154. The maximum atomic E-state index is 16.1. The zero-order valence-corrected chi connectivity index (χ0v) is 41.9. The third-order valence-corrected chi connectivity index (χ3v) is 16.5. The van der Waals surface area contributed by atoms with Gasteiger partial charge in [-0.1, -0.05) is 273 Å². The van der Waals surface area contributed by atoms with Gasteiger partial charge in [0.1, 0.15) is 6.04 Å². The molecule has 5 nitrogen and oxygen atoms in total. The lowest BCUT2D eigenvalue weighted by molar-refractivity contribution is -0.146. The van der Waals surface area contributed by atoms with Crippen molar-refractivity contribution in [1.82, 2.24) is 10.6 Å². The van der Waals surface area contributed by atoms with Crippen LogP contribution < -0.4 is 10.6 Å². The maximum Gasteiger partial charge on any atom is 0.329 e. The highest BCUT2D eigenvalue weighted by molar-refractivity contribution is 8.01. The van der Waals surface area contributed by atoms with E-state index in [2.05, 4.69) is 156 Å². The molecule has 2 unspecified atom stereocenters. The number of benzene rings is 9. The Morgan fingerprint density at radius 2 is 0.611 bits per heavy atom. The Labute approximate surface area is 433 Å². The van der Waals surface area contributed by atoms with Crippen LogP contribution in [0.2, 0.25) is 0 Å². The summed E-state index contributed by atoms with van der Waals surface area (Å²) in [6.07, 6.45) is 0. The molecule has 72 heavy (non-hydrogen) atoms. The zero-order chi connectivity index (χ0) is 49.5. The molecule has 7 heteroatoms. The second kappa shape index (κ2) is 23.7. The Balaban J connectivity index is 1.19. The van der Waals surface area contributed by atoms with E-state index in [1.807, 2.05) is 127 Å². The van der Waals surface area contributed by atoms with Crippen LogP contribution in [-0.2, 0) is 29.4 Å². The Bertz CT molecular complexity index is 2770. The number of carbonyl (C=O) groups excluding carboxylic acids is 2. The lowest BCUT2D eigenvalue weighted by atomic mass is 9.76. The average molecular weight is 979 g/mol. The molecule has 0 saturated carbocycles. The topological polar surface area (TPSA) is 67.4 Å². The summed E-state index contributed by atoms with van der Waals surface area (Å²) < 4.78 is 4.36. The molecule has 9 aromatic rings. The molecule has 0 spiro atoms. The van der Waals surface area contributed by atoms with E-state index in [9.17, 15) is 4.79 Å². The fourth-order valence-electron chi connectivity index (χ4n) is 9.90. The van der Waals surface area contributed by atoms with Gasteiger partial charge in [-0.3, -0.25) is 10.1 Å². The van der Waals surface area contributed by atoms with Gasteiger partial charge >= 0.3 is 5.97 Å². The third kappa shape index (κ3) is 10.5. The van der Waals surface area contributed by atoms with Crippen LogP contribution in [0.4, 0.5) is 0 Å². The van der Waals surface area contributed by atoms with Crippen LogP contribution in [0.3, 0.4) is 0 Å². The van der Waals surface area contributed by atoms with Gasteiger partial charge in [-0.25, -0.2) is 4.79 Å². The van der Waals surface area contributed by atoms with Crippen LogP contribution >= 0.6 is 23.5 Å². The molecule has 1 amide bonds. The van der Waals surface area contributed by atoms with Gasteiger partial charge in [0.25, 0.3) is 0 Å². The van der Waals surface area contributed by atoms with Crippen LogP contribution in [0.15, 0.2) is 273 Å². The molecular formula is C65H58N2O3S2. The molecule has 9 rings (SSSR count). The molecule has 0 saturated heterocycles. The van der Waals surface area contributed by atoms with Crippen molar-refractivity contribution in [2.45, 2.75) is 34.0 Å².